The van der Waals surface area contributed by atoms with Crippen LogP contribution in [0.4, 0.5) is 0 Å². The molecule has 0 bridgehead atoms. The maximum Gasteiger partial charge on any atom is 0.0833 e. The molecule has 2 nitrogen and oxygen atoms in total. The molecule has 2 heteroatoms. The molecule has 0 radical (unpaired) electrons. The zero-order valence-electron chi connectivity index (χ0n) is 7.76. The van der Waals surface area contributed by atoms with Crippen molar-refractivity contribution >= 4 is 0 Å². The third-order valence-corrected chi connectivity index (χ3v) is 2.71. The number of rotatable bonds is 3. The van der Waals surface area contributed by atoms with Crippen molar-refractivity contribution in [1.29, 1.82) is 0 Å². The largest absolute Gasteiger partial charge is 0.371 e. The summed E-state index contributed by atoms with van der Waals surface area (Å²) in [4.78, 5) is 0. The Morgan fingerprint density at radius 1 is 1.64 bits per heavy atom. The molecule has 2 N–H and O–H groups in total. The van der Waals surface area contributed by atoms with Gasteiger partial charge in [0.1, 0.15) is 0 Å². The second kappa shape index (κ2) is 3.11. The van der Waals surface area contributed by atoms with Gasteiger partial charge in [-0.05, 0) is 32.6 Å². The van der Waals surface area contributed by atoms with Gasteiger partial charge in [-0.3, -0.25) is 0 Å². The summed E-state index contributed by atoms with van der Waals surface area (Å²) < 4.78 is 5.81. The quantitative estimate of drug-likeness (QED) is 0.674. The minimum Gasteiger partial charge on any atom is -0.371 e. The van der Waals surface area contributed by atoms with E-state index in [1.807, 2.05) is 0 Å². The van der Waals surface area contributed by atoms with E-state index in [0.717, 1.165) is 6.42 Å². The lowest BCUT2D eigenvalue weighted by molar-refractivity contribution is -0.157. The van der Waals surface area contributed by atoms with Gasteiger partial charge >= 0.3 is 0 Å². The molecule has 11 heavy (non-hydrogen) atoms. The van der Waals surface area contributed by atoms with Crippen LogP contribution in [-0.2, 0) is 4.74 Å². The van der Waals surface area contributed by atoms with Crippen molar-refractivity contribution in [3.8, 4) is 0 Å². The van der Waals surface area contributed by atoms with Crippen LogP contribution in [0.5, 0.6) is 0 Å². The van der Waals surface area contributed by atoms with E-state index in [2.05, 4.69) is 20.8 Å². The third-order valence-electron chi connectivity index (χ3n) is 2.71. The van der Waals surface area contributed by atoms with E-state index in [1.165, 1.54) is 6.42 Å². The van der Waals surface area contributed by atoms with Crippen LogP contribution in [0, 0.1) is 5.92 Å². The number of hydrogen-bond acceptors (Lipinski definition) is 2. The lowest BCUT2D eigenvalue weighted by atomic mass is 9.70. The molecule has 1 rings (SSSR count). The van der Waals surface area contributed by atoms with E-state index >= 15 is 0 Å². The molecule has 0 aromatic carbocycles. The molecule has 0 aromatic rings. The number of hydrogen-bond donors (Lipinski definition) is 1. The summed E-state index contributed by atoms with van der Waals surface area (Å²) >= 11 is 0. The fraction of sp³-hybridized carbons (Fsp3) is 1.00. The molecule has 1 fully saturated rings. The number of ether oxygens (including phenoxy) is 1. The average molecular weight is 157 g/mol. The Hall–Kier alpha value is -0.0800. The second-order valence-corrected chi connectivity index (χ2v) is 3.88. The van der Waals surface area contributed by atoms with Gasteiger partial charge < -0.3 is 10.5 Å². The van der Waals surface area contributed by atoms with Gasteiger partial charge in [0, 0.05) is 6.54 Å². The van der Waals surface area contributed by atoms with Crippen LogP contribution in [0.25, 0.3) is 0 Å². The van der Waals surface area contributed by atoms with Crippen molar-refractivity contribution < 1.29 is 4.74 Å². The first-order valence-electron chi connectivity index (χ1n) is 4.48. The third kappa shape index (κ3) is 1.57. The van der Waals surface area contributed by atoms with Gasteiger partial charge in [0.15, 0.2) is 0 Å². The lowest BCUT2D eigenvalue weighted by Crippen LogP contribution is -2.54. The fourth-order valence-corrected chi connectivity index (χ4v) is 1.75. The van der Waals surface area contributed by atoms with Crippen LogP contribution in [0.3, 0.4) is 0 Å². The molecular formula is C9H19NO. The SMILES string of the molecule is CC(C)OC1(CN)CCC1C. The zero-order chi connectivity index (χ0) is 8.48. The zero-order valence-corrected chi connectivity index (χ0v) is 7.76. The molecule has 0 heterocycles. The molecule has 0 aliphatic heterocycles. The van der Waals surface area contributed by atoms with Gasteiger partial charge in [-0.2, -0.15) is 0 Å². The molecule has 0 saturated heterocycles. The van der Waals surface area contributed by atoms with Gasteiger partial charge in [0.25, 0.3) is 0 Å². The number of nitrogens with two attached hydrogens (primary N) is 1. The van der Waals surface area contributed by atoms with Crippen molar-refractivity contribution in [2.45, 2.75) is 45.3 Å². The highest BCUT2D eigenvalue weighted by molar-refractivity contribution is 4.96. The van der Waals surface area contributed by atoms with Crippen molar-refractivity contribution in [2.24, 2.45) is 11.7 Å². The summed E-state index contributed by atoms with van der Waals surface area (Å²) in [5, 5.41) is 0. The first kappa shape index (κ1) is 9.01. The minimum atomic E-state index is 0.0220. The highest BCUT2D eigenvalue weighted by Crippen LogP contribution is 2.41. The summed E-state index contributed by atoms with van der Waals surface area (Å²) in [6.45, 7) is 7.04. The molecule has 2 unspecified atom stereocenters. The summed E-state index contributed by atoms with van der Waals surface area (Å²) in [5.74, 6) is 0.648. The standard InChI is InChI=1S/C9H19NO/c1-7(2)11-9(6-10)5-4-8(9)3/h7-8H,4-6,10H2,1-3H3. The highest BCUT2D eigenvalue weighted by atomic mass is 16.5. The Labute approximate surface area is 69.1 Å². The molecule has 1 aliphatic carbocycles. The van der Waals surface area contributed by atoms with Gasteiger partial charge in [0.2, 0.25) is 0 Å². The molecule has 2 atom stereocenters. The predicted molar refractivity (Wildman–Crippen MR) is 46.4 cm³/mol. The second-order valence-electron chi connectivity index (χ2n) is 3.88. The lowest BCUT2D eigenvalue weighted by Gasteiger charge is -2.48. The predicted octanol–water partition coefficient (Wildman–Crippen LogP) is 1.54. The molecule has 1 aliphatic rings. The maximum atomic E-state index is 5.81. The van der Waals surface area contributed by atoms with Crippen molar-refractivity contribution in [3.63, 3.8) is 0 Å². The van der Waals surface area contributed by atoms with E-state index in [0.29, 0.717) is 18.6 Å². The van der Waals surface area contributed by atoms with Crippen LogP contribution in [0.1, 0.15) is 33.6 Å². The molecule has 0 aromatic heterocycles. The van der Waals surface area contributed by atoms with E-state index in [-0.39, 0.29) is 5.60 Å². The molecular weight excluding hydrogens is 138 g/mol. The summed E-state index contributed by atoms with van der Waals surface area (Å²) in [6, 6.07) is 0. The summed E-state index contributed by atoms with van der Waals surface area (Å²) in [5.41, 5.74) is 5.70. The van der Waals surface area contributed by atoms with Crippen LogP contribution in [0.15, 0.2) is 0 Å². The smallest absolute Gasteiger partial charge is 0.0833 e. The normalized spacial score (nSPS) is 37.4. The minimum absolute atomic E-state index is 0.0220. The molecule has 0 amide bonds. The van der Waals surface area contributed by atoms with Gasteiger partial charge in [-0.25, -0.2) is 0 Å². The van der Waals surface area contributed by atoms with E-state index < -0.39 is 0 Å². The topological polar surface area (TPSA) is 35.2 Å². The van der Waals surface area contributed by atoms with E-state index in [1.54, 1.807) is 0 Å². The van der Waals surface area contributed by atoms with E-state index in [9.17, 15) is 0 Å². The van der Waals surface area contributed by atoms with E-state index in [4.69, 9.17) is 10.5 Å². The molecule has 1 saturated carbocycles. The first-order chi connectivity index (χ1) is 5.10. The average Bonchev–Trinajstić information content (AvgIpc) is 1.96. The Kier molecular flexibility index (Phi) is 2.55. The Bertz CT molecular complexity index is 132. The van der Waals surface area contributed by atoms with Crippen LogP contribution < -0.4 is 5.73 Å². The Balaban J connectivity index is 2.47. The Morgan fingerprint density at radius 3 is 2.36 bits per heavy atom. The van der Waals surface area contributed by atoms with Crippen LogP contribution in [-0.4, -0.2) is 18.2 Å². The Morgan fingerprint density at radius 2 is 2.27 bits per heavy atom. The fourth-order valence-electron chi connectivity index (χ4n) is 1.75. The van der Waals surface area contributed by atoms with Gasteiger partial charge in [0.05, 0.1) is 11.7 Å². The monoisotopic (exact) mass is 157 g/mol. The summed E-state index contributed by atoms with van der Waals surface area (Å²) in [6.07, 6.45) is 2.72. The highest BCUT2D eigenvalue weighted by Gasteiger charge is 2.44. The van der Waals surface area contributed by atoms with Crippen molar-refractivity contribution in [1.82, 2.24) is 0 Å². The van der Waals surface area contributed by atoms with Crippen molar-refractivity contribution in [3.05, 3.63) is 0 Å². The molecule has 0 spiro atoms. The summed E-state index contributed by atoms with van der Waals surface area (Å²) in [7, 11) is 0. The first-order valence-corrected chi connectivity index (χ1v) is 4.48. The van der Waals surface area contributed by atoms with Crippen LogP contribution >= 0.6 is 0 Å². The van der Waals surface area contributed by atoms with Crippen molar-refractivity contribution in [2.75, 3.05) is 6.54 Å². The van der Waals surface area contributed by atoms with Gasteiger partial charge in [-0.1, -0.05) is 6.92 Å². The van der Waals surface area contributed by atoms with Gasteiger partial charge in [-0.15, -0.1) is 0 Å². The maximum absolute atomic E-state index is 5.81. The van der Waals surface area contributed by atoms with Crippen LogP contribution in [0.2, 0.25) is 0 Å². The molecule has 66 valence electrons.